The van der Waals surface area contributed by atoms with Crippen molar-refractivity contribution in [2.75, 3.05) is 13.1 Å². The number of hydrogen-bond acceptors (Lipinski definition) is 4. The highest BCUT2D eigenvalue weighted by Crippen LogP contribution is 2.57. The lowest BCUT2D eigenvalue weighted by Gasteiger charge is -2.43. The Bertz CT molecular complexity index is 765. The molecule has 1 spiro atoms. The number of allylic oxidation sites excluding steroid dienone is 1. The lowest BCUT2D eigenvalue weighted by Crippen LogP contribution is -2.55. The van der Waals surface area contributed by atoms with Crippen molar-refractivity contribution in [3.8, 4) is 0 Å². The number of nitrogens with one attached hydrogen (secondary N) is 2. The highest BCUT2D eigenvalue weighted by atomic mass is 16.5. The van der Waals surface area contributed by atoms with Crippen molar-refractivity contribution in [1.29, 1.82) is 0 Å². The summed E-state index contributed by atoms with van der Waals surface area (Å²) in [6.45, 7) is 13.7. The molecule has 0 aromatic heterocycles. The molecular formula is C28H46N2O2. The van der Waals surface area contributed by atoms with Crippen LogP contribution in [0, 0.1) is 29.6 Å². The Morgan fingerprint density at radius 2 is 2.03 bits per heavy atom. The largest absolute Gasteiger partial charge is 0.369 e. The first-order chi connectivity index (χ1) is 15.3. The smallest absolute Gasteiger partial charge is 0.146 e. The molecule has 0 aromatic rings. The zero-order chi connectivity index (χ0) is 22.7. The molecule has 32 heavy (non-hydrogen) atoms. The molecule has 4 fully saturated rings. The second-order valence-electron chi connectivity index (χ2n) is 12.5. The molecule has 5 aliphatic rings. The minimum atomic E-state index is 0.0273. The van der Waals surface area contributed by atoms with Crippen LogP contribution in [0.5, 0.6) is 0 Å². The minimum Gasteiger partial charge on any atom is -0.369 e. The van der Waals surface area contributed by atoms with E-state index in [1.54, 1.807) is 11.1 Å². The molecule has 8 unspecified atom stereocenters. The highest BCUT2D eigenvalue weighted by Gasteiger charge is 2.56. The number of rotatable bonds is 3. The Balaban J connectivity index is 1.41. The van der Waals surface area contributed by atoms with E-state index in [4.69, 9.17) is 4.74 Å². The van der Waals surface area contributed by atoms with E-state index in [1.165, 1.54) is 38.5 Å². The van der Waals surface area contributed by atoms with Crippen LogP contribution in [0.15, 0.2) is 11.1 Å². The van der Waals surface area contributed by atoms with Gasteiger partial charge in [0.05, 0.1) is 18.2 Å². The van der Waals surface area contributed by atoms with Crippen LogP contribution in [0.3, 0.4) is 0 Å². The first-order valence-corrected chi connectivity index (χ1v) is 13.6. The maximum Gasteiger partial charge on any atom is 0.146 e. The van der Waals surface area contributed by atoms with Gasteiger partial charge in [0.2, 0.25) is 0 Å². The predicted octanol–water partition coefficient (Wildman–Crippen LogP) is 5.02. The van der Waals surface area contributed by atoms with Crippen molar-refractivity contribution >= 4 is 5.78 Å². The topological polar surface area (TPSA) is 50.4 Å². The zero-order valence-corrected chi connectivity index (χ0v) is 21.1. The number of ketones is 1. The van der Waals surface area contributed by atoms with Crippen LogP contribution in [-0.4, -0.2) is 42.2 Å². The first-order valence-electron chi connectivity index (χ1n) is 13.6. The van der Waals surface area contributed by atoms with Crippen molar-refractivity contribution in [3.63, 3.8) is 0 Å². The van der Waals surface area contributed by atoms with E-state index in [2.05, 4.69) is 45.3 Å². The number of hydrogen-bond donors (Lipinski definition) is 2. The van der Waals surface area contributed by atoms with Crippen molar-refractivity contribution < 1.29 is 9.53 Å². The van der Waals surface area contributed by atoms with Gasteiger partial charge in [-0.15, -0.1) is 0 Å². The van der Waals surface area contributed by atoms with Crippen molar-refractivity contribution in [2.24, 2.45) is 29.6 Å². The lowest BCUT2D eigenvalue weighted by molar-refractivity contribution is -0.121. The fourth-order valence-corrected chi connectivity index (χ4v) is 8.58. The molecule has 9 atom stereocenters. The molecular weight excluding hydrogens is 396 g/mol. The van der Waals surface area contributed by atoms with Crippen LogP contribution in [0.4, 0.5) is 0 Å². The second kappa shape index (κ2) is 8.50. The van der Waals surface area contributed by atoms with Gasteiger partial charge >= 0.3 is 0 Å². The molecule has 0 amide bonds. The van der Waals surface area contributed by atoms with Crippen LogP contribution in [0.1, 0.15) is 92.4 Å². The normalized spacial score (nSPS) is 49.3. The summed E-state index contributed by atoms with van der Waals surface area (Å²) in [5, 5.41) is 7.55. The van der Waals surface area contributed by atoms with E-state index >= 15 is 0 Å². The Morgan fingerprint density at radius 3 is 2.75 bits per heavy atom. The van der Waals surface area contributed by atoms with E-state index < -0.39 is 0 Å². The minimum absolute atomic E-state index is 0.0273. The molecule has 3 aliphatic heterocycles. The molecule has 3 saturated heterocycles. The van der Waals surface area contributed by atoms with Crippen LogP contribution in [-0.2, 0) is 9.53 Å². The average Bonchev–Trinajstić information content (AvgIpc) is 3.20. The zero-order valence-electron chi connectivity index (χ0n) is 21.1. The number of ether oxygens (including phenoxy) is 1. The third-order valence-electron chi connectivity index (χ3n) is 10.5. The number of carbonyl (C=O) groups is 1. The maximum absolute atomic E-state index is 11.9. The van der Waals surface area contributed by atoms with Gasteiger partial charge in [0, 0.05) is 23.9 Å². The van der Waals surface area contributed by atoms with Crippen LogP contribution in [0.2, 0.25) is 0 Å². The van der Waals surface area contributed by atoms with Gasteiger partial charge in [0.1, 0.15) is 5.78 Å². The van der Waals surface area contributed by atoms with Gasteiger partial charge < -0.3 is 15.4 Å². The van der Waals surface area contributed by atoms with Gasteiger partial charge in [-0.1, -0.05) is 38.3 Å². The Kier molecular flexibility index (Phi) is 6.12. The number of carbonyl (C=O) groups excluding carboxylic acids is 1. The monoisotopic (exact) mass is 442 g/mol. The second-order valence-corrected chi connectivity index (χ2v) is 12.5. The summed E-state index contributed by atoms with van der Waals surface area (Å²) in [5.41, 5.74) is 3.53. The summed E-state index contributed by atoms with van der Waals surface area (Å²) in [5.74, 6) is 3.79. The summed E-state index contributed by atoms with van der Waals surface area (Å²) in [6, 6.07) is 0.531. The summed E-state index contributed by atoms with van der Waals surface area (Å²) in [7, 11) is 0. The third-order valence-corrected chi connectivity index (χ3v) is 10.5. The molecule has 0 aromatic carbocycles. The third kappa shape index (κ3) is 3.73. The quantitative estimate of drug-likeness (QED) is 0.603. The lowest BCUT2D eigenvalue weighted by atomic mass is 9.70. The number of fused-ring (bicyclic) bond motifs is 2. The first kappa shape index (κ1) is 23.1. The van der Waals surface area contributed by atoms with Crippen molar-refractivity contribution in [2.45, 2.75) is 116 Å². The summed E-state index contributed by atoms with van der Waals surface area (Å²) in [4.78, 5) is 11.9. The molecule has 180 valence electrons. The van der Waals surface area contributed by atoms with Crippen LogP contribution >= 0.6 is 0 Å². The maximum atomic E-state index is 11.9. The molecule has 5 rings (SSSR count). The van der Waals surface area contributed by atoms with E-state index in [-0.39, 0.29) is 11.1 Å². The molecule has 4 heteroatoms. The number of piperidine rings is 2. The fourth-order valence-electron chi connectivity index (χ4n) is 8.58. The molecule has 0 bridgehead atoms. The fraction of sp³-hybridized carbons (Fsp3) is 0.893. The molecule has 1 saturated carbocycles. The van der Waals surface area contributed by atoms with Crippen molar-refractivity contribution in [3.05, 3.63) is 11.1 Å². The van der Waals surface area contributed by atoms with Gasteiger partial charge in [-0.05, 0) is 89.0 Å². The summed E-state index contributed by atoms with van der Waals surface area (Å²) < 4.78 is 7.02. The standard InChI is InChI=1S/C28H46N2O2/c1-6-7-22-21-9-11-28(19(4)26-25(32-28)12-17(2)15-29-26)14-18(3)23(21)13-24(22)27(5)10-8-20(31)16-30-27/h17,19,21-22,24-26,29-30H,6-16H2,1-5H3/t17-,19?,21?,22?,24?,25?,26?,27?,28?/m0/s1. The number of Topliss-reactive ketones (excluding diaryl/α,β-unsaturated/α-hetero) is 1. The molecule has 2 N–H and O–H groups in total. The highest BCUT2D eigenvalue weighted by molar-refractivity contribution is 5.81. The van der Waals surface area contributed by atoms with E-state index in [0.717, 1.165) is 31.7 Å². The van der Waals surface area contributed by atoms with Gasteiger partial charge in [0.15, 0.2) is 0 Å². The van der Waals surface area contributed by atoms with E-state index in [9.17, 15) is 4.79 Å². The SMILES string of the molecule is CCCC1C2CCC3(CC(C)=C2CC1C1(C)CCC(=O)CN1)OC1C[C@H](C)CNC1C3C. The molecule has 3 heterocycles. The van der Waals surface area contributed by atoms with Gasteiger partial charge in [-0.25, -0.2) is 0 Å². The average molecular weight is 443 g/mol. The molecule has 0 radical (unpaired) electrons. The molecule has 2 aliphatic carbocycles. The van der Waals surface area contributed by atoms with E-state index in [1.807, 2.05) is 0 Å². The summed E-state index contributed by atoms with van der Waals surface area (Å²) >= 11 is 0. The van der Waals surface area contributed by atoms with Crippen LogP contribution < -0.4 is 10.6 Å². The summed E-state index contributed by atoms with van der Waals surface area (Å²) in [6.07, 6.45) is 10.8. The molecule has 4 nitrogen and oxygen atoms in total. The Morgan fingerprint density at radius 1 is 1.22 bits per heavy atom. The van der Waals surface area contributed by atoms with Crippen molar-refractivity contribution in [1.82, 2.24) is 10.6 Å². The van der Waals surface area contributed by atoms with Gasteiger partial charge in [-0.3, -0.25) is 4.79 Å². The Labute approximate surface area is 195 Å². The van der Waals surface area contributed by atoms with E-state index in [0.29, 0.717) is 48.1 Å². The van der Waals surface area contributed by atoms with Gasteiger partial charge in [-0.2, -0.15) is 0 Å². The van der Waals surface area contributed by atoms with Crippen LogP contribution in [0.25, 0.3) is 0 Å². The van der Waals surface area contributed by atoms with Gasteiger partial charge in [0.25, 0.3) is 0 Å². The predicted molar refractivity (Wildman–Crippen MR) is 130 cm³/mol. The Hall–Kier alpha value is -0.710.